The molecule has 0 radical (unpaired) electrons. The molecular weight excluding hydrogens is 330 g/mol. The minimum absolute atomic E-state index is 0.00390. The van der Waals surface area contributed by atoms with Crippen LogP contribution in [0.15, 0.2) is 48.5 Å². The zero-order valence-electron chi connectivity index (χ0n) is 15.7. The zero-order valence-corrected chi connectivity index (χ0v) is 15.7. The Morgan fingerprint density at radius 2 is 1.73 bits per heavy atom. The summed E-state index contributed by atoms with van der Waals surface area (Å²) in [5.41, 5.74) is 1.08. The molecule has 2 aromatic carbocycles. The van der Waals surface area contributed by atoms with Gasteiger partial charge in [-0.3, -0.25) is 4.79 Å². The van der Waals surface area contributed by atoms with E-state index in [0.29, 0.717) is 26.1 Å². The molecule has 0 saturated heterocycles. The number of aryl methyl sites for hydroxylation is 1. The van der Waals surface area contributed by atoms with E-state index in [0.717, 1.165) is 22.8 Å². The van der Waals surface area contributed by atoms with Gasteiger partial charge in [-0.25, -0.2) is 0 Å². The Hall–Kier alpha value is -2.69. The number of carbonyl (C=O) groups is 1. The molecule has 0 saturated carbocycles. The third-order valence-corrected chi connectivity index (χ3v) is 3.87. The maximum Gasteiger partial charge on any atom is 0.220 e. The van der Waals surface area contributed by atoms with Crippen LogP contribution in [0.5, 0.6) is 17.2 Å². The van der Waals surface area contributed by atoms with Crippen LogP contribution >= 0.6 is 0 Å². The summed E-state index contributed by atoms with van der Waals surface area (Å²) < 4.78 is 16.5. The van der Waals surface area contributed by atoms with E-state index in [1.165, 1.54) is 0 Å². The van der Waals surface area contributed by atoms with E-state index >= 15 is 0 Å². The standard InChI is InChI=1S/C21H27NO4/c1-16-7-4-5-8-20(16)26-15-17(2)22-21(23)9-6-14-25-19-12-10-18(24-3)11-13-19/h4-5,7-8,10-13,17H,6,9,14-15H2,1-3H3,(H,22,23)/t17-/m0/s1. The molecule has 5 nitrogen and oxygen atoms in total. The highest BCUT2D eigenvalue weighted by molar-refractivity contribution is 5.76. The summed E-state index contributed by atoms with van der Waals surface area (Å²) >= 11 is 0. The van der Waals surface area contributed by atoms with Gasteiger partial charge in [-0.05, 0) is 56.2 Å². The summed E-state index contributed by atoms with van der Waals surface area (Å²) in [7, 11) is 1.63. The monoisotopic (exact) mass is 357 g/mol. The van der Waals surface area contributed by atoms with E-state index in [2.05, 4.69) is 5.32 Å². The normalized spacial score (nSPS) is 11.5. The first-order valence-electron chi connectivity index (χ1n) is 8.83. The number of ether oxygens (including phenoxy) is 3. The highest BCUT2D eigenvalue weighted by Gasteiger charge is 2.09. The molecule has 2 aromatic rings. The summed E-state index contributed by atoms with van der Waals surface area (Å²) in [5.74, 6) is 2.41. The van der Waals surface area contributed by atoms with Gasteiger partial charge in [0.2, 0.25) is 5.91 Å². The Balaban J connectivity index is 1.61. The van der Waals surface area contributed by atoms with E-state index in [4.69, 9.17) is 14.2 Å². The lowest BCUT2D eigenvalue weighted by molar-refractivity contribution is -0.122. The number of methoxy groups -OCH3 is 1. The highest BCUT2D eigenvalue weighted by atomic mass is 16.5. The minimum atomic E-state index is -0.0513. The molecular formula is C21H27NO4. The van der Waals surface area contributed by atoms with Crippen molar-refractivity contribution in [3.05, 3.63) is 54.1 Å². The van der Waals surface area contributed by atoms with Crippen molar-refractivity contribution in [2.45, 2.75) is 32.7 Å². The number of hydrogen-bond donors (Lipinski definition) is 1. The second-order valence-corrected chi connectivity index (χ2v) is 6.17. The molecule has 0 aliphatic rings. The molecule has 0 fully saturated rings. The molecule has 0 heterocycles. The fraction of sp³-hybridized carbons (Fsp3) is 0.381. The van der Waals surface area contributed by atoms with Crippen LogP contribution < -0.4 is 19.5 Å². The lowest BCUT2D eigenvalue weighted by atomic mass is 10.2. The molecule has 0 spiro atoms. The molecule has 0 aromatic heterocycles. The predicted molar refractivity (Wildman–Crippen MR) is 102 cm³/mol. The van der Waals surface area contributed by atoms with E-state index in [1.807, 2.05) is 62.4 Å². The molecule has 26 heavy (non-hydrogen) atoms. The Morgan fingerprint density at radius 1 is 1.04 bits per heavy atom. The second-order valence-electron chi connectivity index (χ2n) is 6.17. The number of carbonyl (C=O) groups excluding carboxylic acids is 1. The van der Waals surface area contributed by atoms with Gasteiger partial charge in [0.1, 0.15) is 23.9 Å². The van der Waals surface area contributed by atoms with Crippen molar-refractivity contribution < 1.29 is 19.0 Å². The van der Waals surface area contributed by atoms with Crippen molar-refractivity contribution in [2.75, 3.05) is 20.3 Å². The third kappa shape index (κ3) is 6.67. The Bertz CT molecular complexity index is 685. The van der Waals surface area contributed by atoms with Crippen LogP contribution in [0.25, 0.3) is 0 Å². The molecule has 2 rings (SSSR count). The van der Waals surface area contributed by atoms with Gasteiger partial charge in [0, 0.05) is 6.42 Å². The van der Waals surface area contributed by atoms with E-state index < -0.39 is 0 Å². The molecule has 0 aliphatic heterocycles. The summed E-state index contributed by atoms with van der Waals surface area (Å²) in [6, 6.07) is 15.2. The van der Waals surface area contributed by atoms with E-state index in [1.54, 1.807) is 7.11 Å². The average Bonchev–Trinajstić information content (AvgIpc) is 2.65. The molecule has 1 N–H and O–H groups in total. The number of para-hydroxylation sites is 1. The van der Waals surface area contributed by atoms with Crippen molar-refractivity contribution in [3.63, 3.8) is 0 Å². The molecule has 140 valence electrons. The Labute approximate surface area is 155 Å². The third-order valence-electron chi connectivity index (χ3n) is 3.87. The largest absolute Gasteiger partial charge is 0.497 e. The van der Waals surface area contributed by atoms with Crippen molar-refractivity contribution in [3.8, 4) is 17.2 Å². The molecule has 0 unspecified atom stereocenters. The number of nitrogens with one attached hydrogen (secondary N) is 1. The quantitative estimate of drug-likeness (QED) is 0.658. The lowest BCUT2D eigenvalue weighted by Gasteiger charge is -2.16. The predicted octanol–water partition coefficient (Wildman–Crippen LogP) is 3.75. The van der Waals surface area contributed by atoms with Gasteiger partial charge in [-0.15, -0.1) is 0 Å². The van der Waals surface area contributed by atoms with Crippen molar-refractivity contribution in [2.24, 2.45) is 0 Å². The van der Waals surface area contributed by atoms with Gasteiger partial charge < -0.3 is 19.5 Å². The van der Waals surface area contributed by atoms with Gasteiger partial charge in [0.15, 0.2) is 0 Å². The lowest BCUT2D eigenvalue weighted by Crippen LogP contribution is -2.36. The Kier molecular flexibility index (Phi) is 7.80. The Morgan fingerprint density at radius 3 is 2.42 bits per heavy atom. The average molecular weight is 357 g/mol. The maximum atomic E-state index is 12.0. The fourth-order valence-electron chi connectivity index (χ4n) is 2.42. The minimum Gasteiger partial charge on any atom is -0.497 e. The van der Waals surface area contributed by atoms with Crippen LogP contribution in [0, 0.1) is 6.92 Å². The SMILES string of the molecule is COc1ccc(OCCCC(=O)N[C@@H](C)COc2ccccc2C)cc1. The van der Waals surface area contributed by atoms with Crippen LogP contribution in [0.2, 0.25) is 0 Å². The van der Waals surface area contributed by atoms with Crippen molar-refractivity contribution >= 4 is 5.91 Å². The van der Waals surface area contributed by atoms with Gasteiger partial charge in [-0.2, -0.15) is 0 Å². The van der Waals surface area contributed by atoms with Gasteiger partial charge in [0.05, 0.1) is 19.8 Å². The van der Waals surface area contributed by atoms with Crippen LogP contribution in [-0.4, -0.2) is 32.3 Å². The molecule has 1 amide bonds. The first-order chi connectivity index (χ1) is 12.6. The van der Waals surface area contributed by atoms with Gasteiger partial charge >= 0.3 is 0 Å². The number of hydrogen-bond acceptors (Lipinski definition) is 4. The zero-order chi connectivity index (χ0) is 18.8. The highest BCUT2D eigenvalue weighted by Crippen LogP contribution is 2.17. The summed E-state index contributed by atoms with van der Waals surface area (Å²) in [6.07, 6.45) is 1.08. The van der Waals surface area contributed by atoms with Crippen LogP contribution in [0.1, 0.15) is 25.3 Å². The smallest absolute Gasteiger partial charge is 0.220 e. The van der Waals surface area contributed by atoms with E-state index in [9.17, 15) is 4.79 Å². The molecule has 5 heteroatoms. The first kappa shape index (κ1) is 19.6. The summed E-state index contributed by atoms with van der Waals surface area (Å²) in [5, 5.41) is 2.95. The summed E-state index contributed by atoms with van der Waals surface area (Å²) in [6.45, 7) is 4.87. The number of benzene rings is 2. The van der Waals surface area contributed by atoms with E-state index in [-0.39, 0.29) is 11.9 Å². The maximum absolute atomic E-state index is 12.0. The summed E-state index contributed by atoms with van der Waals surface area (Å²) in [4.78, 5) is 12.0. The molecule has 1 atom stereocenters. The van der Waals surface area contributed by atoms with Gasteiger partial charge in [-0.1, -0.05) is 18.2 Å². The fourth-order valence-corrected chi connectivity index (χ4v) is 2.42. The second kappa shape index (κ2) is 10.3. The molecule has 0 bridgehead atoms. The van der Waals surface area contributed by atoms with Crippen LogP contribution in [0.3, 0.4) is 0 Å². The van der Waals surface area contributed by atoms with Crippen molar-refractivity contribution in [1.29, 1.82) is 0 Å². The van der Waals surface area contributed by atoms with Crippen LogP contribution in [-0.2, 0) is 4.79 Å². The van der Waals surface area contributed by atoms with Crippen LogP contribution in [0.4, 0.5) is 0 Å². The van der Waals surface area contributed by atoms with Crippen molar-refractivity contribution in [1.82, 2.24) is 5.32 Å². The molecule has 0 aliphatic carbocycles. The van der Waals surface area contributed by atoms with Gasteiger partial charge in [0.25, 0.3) is 0 Å². The topological polar surface area (TPSA) is 56.8 Å². The number of rotatable bonds is 10. The first-order valence-corrected chi connectivity index (χ1v) is 8.83. The number of amides is 1.